The van der Waals surface area contributed by atoms with Crippen molar-refractivity contribution in [2.24, 2.45) is 5.10 Å². The summed E-state index contributed by atoms with van der Waals surface area (Å²) in [5.41, 5.74) is 10.4. The van der Waals surface area contributed by atoms with Gasteiger partial charge in [-0.2, -0.15) is 9.78 Å². The molecule has 0 bridgehead atoms. The number of ether oxygens (including phenoxy) is 2. The van der Waals surface area contributed by atoms with E-state index in [9.17, 15) is 4.79 Å². The normalized spacial score (nSPS) is 14.1. The van der Waals surface area contributed by atoms with Crippen LogP contribution in [-0.2, 0) is 17.9 Å². The van der Waals surface area contributed by atoms with Gasteiger partial charge in [-0.3, -0.25) is 9.69 Å². The number of anilines is 1. The van der Waals surface area contributed by atoms with Gasteiger partial charge in [-0.15, -0.1) is 5.10 Å². The number of carbonyl (C=O) groups excluding carboxylic acids is 1. The molecule has 3 heterocycles. The number of rotatable bonds is 9. The van der Waals surface area contributed by atoms with E-state index < -0.39 is 5.91 Å². The van der Waals surface area contributed by atoms with Crippen LogP contribution in [0.15, 0.2) is 52.2 Å². The molecule has 1 amide bonds. The number of hydrazone groups is 1. The highest BCUT2D eigenvalue weighted by Crippen LogP contribution is 2.23. The fraction of sp³-hybridized carbons (Fsp3) is 0.250. The smallest absolute Gasteiger partial charge is 0.292 e. The topological polar surface area (TPSA) is 159 Å². The highest BCUT2D eigenvalue weighted by Gasteiger charge is 2.26. The van der Waals surface area contributed by atoms with E-state index >= 15 is 0 Å². The summed E-state index contributed by atoms with van der Waals surface area (Å²) in [7, 11) is 0. The zero-order valence-electron chi connectivity index (χ0n) is 20.5. The van der Waals surface area contributed by atoms with Gasteiger partial charge in [0, 0.05) is 35.2 Å². The molecule has 1 aliphatic rings. The zero-order valence-corrected chi connectivity index (χ0v) is 22.0. The fourth-order valence-corrected chi connectivity index (χ4v) is 4.24. The second-order valence-electron chi connectivity index (χ2n) is 8.45. The predicted octanol–water partition coefficient (Wildman–Crippen LogP) is 2.71. The van der Waals surface area contributed by atoms with Gasteiger partial charge in [-0.1, -0.05) is 34.5 Å². The maximum atomic E-state index is 13.2. The Balaban J connectivity index is 1.25. The lowest BCUT2D eigenvalue weighted by Gasteiger charge is -2.25. The van der Waals surface area contributed by atoms with E-state index in [4.69, 9.17) is 38.4 Å². The molecule has 0 atom stereocenters. The third-order valence-corrected chi connectivity index (χ3v) is 6.38. The highest BCUT2D eigenvalue weighted by molar-refractivity contribution is 6.35. The van der Waals surface area contributed by atoms with Crippen molar-refractivity contribution in [1.82, 2.24) is 35.6 Å². The number of aromatic nitrogens is 5. The van der Waals surface area contributed by atoms with Crippen molar-refractivity contribution in [2.45, 2.75) is 13.2 Å². The molecule has 1 aliphatic heterocycles. The Hall–Kier alpha value is -4.04. The zero-order chi connectivity index (χ0) is 27.2. The Morgan fingerprint density at radius 3 is 2.67 bits per heavy atom. The van der Waals surface area contributed by atoms with Gasteiger partial charge in [-0.25, -0.2) is 10.1 Å². The number of carbonyl (C=O) groups is 1. The molecule has 3 N–H and O–H groups in total. The Morgan fingerprint density at radius 1 is 1.15 bits per heavy atom. The van der Waals surface area contributed by atoms with Crippen LogP contribution in [0, 0.1) is 0 Å². The average molecular weight is 572 g/mol. The average Bonchev–Trinajstić information content (AvgIpc) is 3.55. The summed E-state index contributed by atoms with van der Waals surface area (Å²) in [4.78, 5) is 15.3. The molecule has 0 aliphatic carbocycles. The molecule has 39 heavy (non-hydrogen) atoms. The predicted molar refractivity (Wildman–Crippen MR) is 142 cm³/mol. The van der Waals surface area contributed by atoms with Gasteiger partial charge in [0.2, 0.25) is 11.6 Å². The molecular formula is C24H23Cl2N9O4. The summed E-state index contributed by atoms with van der Waals surface area (Å²) in [6, 6.07) is 12.4. The minimum Gasteiger partial charge on any atom is -0.489 e. The molecule has 4 aromatic rings. The number of nitrogens with one attached hydrogen (secondary N) is 1. The van der Waals surface area contributed by atoms with Crippen LogP contribution in [0.3, 0.4) is 0 Å². The minimum atomic E-state index is -0.554. The van der Waals surface area contributed by atoms with E-state index in [1.54, 1.807) is 36.4 Å². The number of nitrogens with two attached hydrogens (primary N) is 1. The Bertz CT molecular complexity index is 1470. The van der Waals surface area contributed by atoms with Gasteiger partial charge in [-0.05, 0) is 52.3 Å². The lowest BCUT2D eigenvalue weighted by Crippen LogP contribution is -2.36. The van der Waals surface area contributed by atoms with E-state index in [1.807, 2.05) is 6.07 Å². The number of amides is 1. The van der Waals surface area contributed by atoms with Crippen molar-refractivity contribution in [1.29, 1.82) is 0 Å². The number of halogens is 2. The first-order valence-electron chi connectivity index (χ1n) is 11.8. The van der Waals surface area contributed by atoms with Crippen LogP contribution in [0.25, 0.3) is 5.82 Å². The number of nitrogen functional groups attached to an aromatic ring is 1. The summed E-state index contributed by atoms with van der Waals surface area (Å²) >= 11 is 12.1. The Morgan fingerprint density at radius 2 is 1.95 bits per heavy atom. The van der Waals surface area contributed by atoms with Crippen molar-refractivity contribution in [2.75, 3.05) is 32.0 Å². The number of morpholine rings is 1. The van der Waals surface area contributed by atoms with Crippen molar-refractivity contribution in [3.8, 4) is 11.6 Å². The minimum absolute atomic E-state index is 0.0315. The van der Waals surface area contributed by atoms with Crippen molar-refractivity contribution < 1.29 is 18.9 Å². The van der Waals surface area contributed by atoms with Crippen LogP contribution >= 0.6 is 23.2 Å². The molecule has 1 saturated heterocycles. The molecule has 0 radical (unpaired) electrons. The standard InChI is InChI=1S/C24H23Cl2N9O4/c25-17-4-3-16(19(26)11-17)14-38-18-5-1-15(2-6-18)12-28-30-24(36)21-20(13-34-7-9-37-10-8-34)29-33-35(21)23-22(27)31-39-32-23/h1-6,11-12H,7-10,13-14H2,(H2,27,31)(H,30,36)/b28-12+. The summed E-state index contributed by atoms with van der Waals surface area (Å²) in [6.45, 7) is 3.26. The molecule has 15 heteroatoms. The van der Waals surface area contributed by atoms with Gasteiger partial charge in [0.05, 0.1) is 19.4 Å². The number of benzene rings is 2. The summed E-state index contributed by atoms with van der Waals surface area (Å²) in [5, 5.41) is 20.7. The molecule has 1 fully saturated rings. The molecule has 0 spiro atoms. The van der Waals surface area contributed by atoms with Crippen LogP contribution in [0.5, 0.6) is 5.75 Å². The maximum absolute atomic E-state index is 13.2. The number of nitrogens with zero attached hydrogens (tertiary/aromatic N) is 7. The van der Waals surface area contributed by atoms with Gasteiger partial charge < -0.3 is 15.2 Å². The molecular weight excluding hydrogens is 549 g/mol. The van der Waals surface area contributed by atoms with E-state index in [2.05, 4.69) is 40.7 Å². The highest BCUT2D eigenvalue weighted by atomic mass is 35.5. The van der Waals surface area contributed by atoms with Crippen LogP contribution < -0.4 is 15.9 Å². The summed E-state index contributed by atoms with van der Waals surface area (Å²) in [6.07, 6.45) is 1.50. The van der Waals surface area contributed by atoms with Crippen LogP contribution in [0.1, 0.15) is 27.3 Å². The third-order valence-electron chi connectivity index (χ3n) is 5.80. The first-order chi connectivity index (χ1) is 19.0. The molecule has 2 aromatic heterocycles. The summed E-state index contributed by atoms with van der Waals surface area (Å²) < 4.78 is 17.0. The molecule has 5 rings (SSSR count). The van der Waals surface area contributed by atoms with Crippen LogP contribution in [0.2, 0.25) is 10.0 Å². The van der Waals surface area contributed by atoms with Crippen molar-refractivity contribution in [3.05, 3.63) is 75.0 Å². The van der Waals surface area contributed by atoms with Gasteiger partial charge in [0.25, 0.3) is 5.91 Å². The SMILES string of the molecule is Nc1nonc1-n1nnc(CN2CCOCC2)c1C(=O)N/N=C/c1ccc(OCc2ccc(Cl)cc2Cl)cc1. The Labute approximate surface area is 232 Å². The van der Waals surface area contributed by atoms with Gasteiger partial charge in [0.1, 0.15) is 18.1 Å². The third kappa shape index (κ3) is 6.52. The lowest BCUT2D eigenvalue weighted by molar-refractivity contribution is 0.0335. The quantitative estimate of drug-likeness (QED) is 0.226. The number of hydrogen-bond donors (Lipinski definition) is 2. The molecule has 13 nitrogen and oxygen atoms in total. The van der Waals surface area contributed by atoms with Gasteiger partial charge >= 0.3 is 0 Å². The van der Waals surface area contributed by atoms with Crippen LogP contribution in [0.4, 0.5) is 5.82 Å². The van der Waals surface area contributed by atoms with Crippen molar-refractivity contribution >= 4 is 41.1 Å². The second-order valence-corrected chi connectivity index (χ2v) is 9.29. The van der Waals surface area contributed by atoms with Gasteiger partial charge in [0.15, 0.2) is 5.69 Å². The van der Waals surface area contributed by atoms with Crippen LogP contribution in [-0.4, -0.2) is 68.6 Å². The summed E-state index contributed by atoms with van der Waals surface area (Å²) in [5.74, 6) is 0.113. The lowest BCUT2D eigenvalue weighted by atomic mass is 10.2. The van der Waals surface area contributed by atoms with E-state index in [1.165, 1.54) is 10.9 Å². The second kappa shape index (κ2) is 12.2. The number of hydrogen-bond acceptors (Lipinski definition) is 11. The maximum Gasteiger partial charge on any atom is 0.292 e. The van der Waals surface area contributed by atoms with Crippen molar-refractivity contribution in [3.63, 3.8) is 0 Å². The fourth-order valence-electron chi connectivity index (χ4n) is 3.77. The largest absolute Gasteiger partial charge is 0.489 e. The molecule has 0 unspecified atom stereocenters. The Kier molecular flexibility index (Phi) is 8.32. The molecule has 0 saturated carbocycles. The van der Waals surface area contributed by atoms with E-state index in [0.717, 1.165) is 11.1 Å². The van der Waals surface area contributed by atoms with E-state index in [-0.39, 0.29) is 17.3 Å². The first-order valence-corrected chi connectivity index (χ1v) is 12.6. The molecule has 202 valence electrons. The molecule has 2 aromatic carbocycles. The van der Waals surface area contributed by atoms with E-state index in [0.29, 0.717) is 60.9 Å². The monoisotopic (exact) mass is 571 g/mol. The first kappa shape index (κ1) is 26.6.